The summed E-state index contributed by atoms with van der Waals surface area (Å²) in [5.41, 5.74) is 1.69. The van der Waals surface area contributed by atoms with Crippen LogP contribution >= 0.6 is 23.5 Å². The first kappa shape index (κ1) is 29.8. The lowest BCUT2D eigenvalue weighted by molar-refractivity contribution is -0.171. The van der Waals surface area contributed by atoms with Crippen molar-refractivity contribution in [1.82, 2.24) is 10.2 Å². The summed E-state index contributed by atoms with van der Waals surface area (Å²) in [5.74, 6) is -1.30. The summed E-state index contributed by atoms with van der Waals surface area (Å²) in [5, 5.41) is 2.28. The van der Waals surface area contributed by atoms with Crippen LogP contribution in [0.4, 0.5) is 4.79 Å². The largest absolute Gasteiger partial charge is 0.463 e. The van der Waals surface area contributed by atoms with Crippen LogP contribution in [0.1, 0.15) is 31.4 Å². The Hall–Kier alpha value is -3.18. The number of thioether (sulfide) groups is 2. The van der Waals surface area contributed by atoms with E-state index in [4.69, 9.17) is 14.2 Å². The molecule has 40 heavy (non-hydrogen) atoms. The van der Waals surface area contributed by atoms with Crippen LogP contribution in [0.25, 0.3) is 0 Å². The smallest absolute Gasteiger partial charge is 0.408 e. The maximum absolute atomic E-state index is 13.1. The van der Waals surface area contributed by atoms with Crippen molar-refractivity contribution >= 4 is 47.5 Å². The Morgan fingerprint density at radius 2 is 1.57 bits per heavy atom. The zero-order chi connectivity index (χ0) is 28.7. The fourth-order valence-electron chi connectivity index (χ4n) is 4.70. The lowest BCUT2D eigenvalue weighted by Gasteiger charge is -2.43. The highest BCUT2D eigenvalue weighted by molar-refractivity contribution is 8.01. The minimum atomic E-state index is -0.907. The van der Waals surface area contributed by atoms with Gasteiger partial charge in [0.2, 0.25) is 5.91 Å². The summed E-state index contributed by atoms with van der Waals surface area (Å²) in [6.45, 7) is 3.88. The number of nitrogens with one attached hydrogen (secondary N) is 1. The van der Waals surface area contributed by atoms with Crippen LogP contribution in [-0.4, -0.2) is 69.7 Å². The zero-order valence-electron chi connectivity index (χ0n) is 22.7. The minimum absolute atomic E-state index is 0.0764. The number of carbonyl (C=O) groups is 4. The number of rotatable bonds is 12. The molecule has 2 amide bonds. The van der Waals surface area contributed by atoms with Crippen molar-refractivity contribution < 1.29 is 33.4 Å². The molecule has 2 aromatic rings. The van der Waals surface area contributed by atoms with E-state index in [1.807, 2.05) is 80.8 Å². The number of ether oxygens (including phenoxy) is 3. The summed E-state index contributed by atoms with van der Waals surface area (Å²) in [6, 6.07) is 16.9. The van der Waals surface area contributed by atoms with Crippen LogP contribution in [0.2, 0.25) is 0 Å². The Balaban J connectivity index is 1.30. The number of hydrogen-bond acceptors (Lipinski definition) is 9. The van der Waals surface area contributed by atoms with Crippen molar-refractivity contribution in [2.45, 2.75) is 55.7 Å². The van der Waals surface area contributed by atoms with E-state index in [2.05, 4.69) is 5.32 Å². The summed E-state index contributed by atoms with van der Waals surface area (Å²) in [7, 11) is 0. The first-order valence-corrected chi connectivity index (χ1v) is 15.3. The third-order valence-corrected chi connectivity index (χ3v) is 9.08. The number of fused-ring (bicyclic) bond motifs is 1. The Kier molecular flexibility index (Phi) is 10.0. The average molecular weight is 587 g/mol. The Bertz CT molecular complexity index is 1200. The van der Waals surface area contributed by atoms with Gasteiger partial charge in [0.25, 0.3) is 0 Å². The highest BCUT2D eigenvalue weighted by atomic mass is 32.2. The van der Waals surface area contributed by atoms with Crippen molar-refractivity contribution in [3.8, 4) is 0 Å². The van der Waals surface area contributed by atoms with E-state index in [0.29, 0.717) is 12.2 Å². The molecule has 0 aromatic heterocycles. The van der Waals surface area contributed by atoms with Crippen molar-refractivity contribution in [1.29, 1.82) is 0 Å². The maximum Gasteiger partial charge on any atom is 0.408 e. The third-order valence-electron chi connectivity index (χ3n) is 6.80. The molecule has 11 heteroatoms. The van der Waals surface area contributed by atoms with Gasteiger partial charge in [0.15, 0.2) is 0 Å². The van der Waals surface area contributed by atoms with Crippen LogP contribution < -0.4 is 5.32 Å². The van der Waals surface area contributed by atoms with Crippen LogP contribution in [0, 0.1) is 5.92 Å². The maximum atomic E-state index is 13.1. The summed E-state index contributed by atoms with van der Waals surface area (Å²) >= 11 is 3.03. The van der Waals surface area contributed by atoms with E-state index in [-0.39, 0.29) is 31.1 Å². The highest BCUT2D eigenvalue weighted by Crippen LogP contribution is 2.53. The molecular weight excluding hydrogens is 552 g/mol. The first-order valence-electron chi connectivity index (χ1n) is 13.0. The van der Waals surface area contributed by atoms with Gasteiger partial charge >= 0.3 is 18.0 Å². The topological polar surface area (TPSA) is 111 Å². The molecule has 2 aliphatic heterocycles. The second-order valence-electron chi connectivity index (χ2n) is 10.1. The lowest BCUT2D eigenvalue weighted by atomic mass is 9.92. The van der Waals surface area contributed by atoms with Gasteiger partial charge in [0.1, 0.15) is 37.8 Å². The number of esters is 2. The summed E-state index contributed by atoms with van der Waals surface area (Å²) in [6.07, 6.45) is 1.53. The number of hydrogen-bond donors (Lipinski definition) is 1. The Labute approximate surface area is 242 Å². The van der Waals surface area contributed by atoms with Gasteiger partial charge in [-0.3, -0.25) is 4.79 Å². The van der Waals surface area contributed by atoms with E-state index in [9.17, 15) is 19.2 Å². The van der Waals surface area contributed by atoms with Crippen molar-refractivity contribution in [3.63, 3.8) is 0 Å². The van der Waals surface area contributed by atoms with Crippen LogP contribution in [0.15, 0.2) is 60.7 Å². The number of β-lactam (4-membered cyclic amide) rings is 1. The van der Waals surface area contributed by atoms with E-state index in [1.165, 1.54) is 23.5 Å². The van der Waals surface area contributed by atoms with Gasteiger partial charge in [-0.2, -0.15) is 11.8 Å². The van der Waals surface area contributed by atoms with Gasteiger partial charge in [-0.25, -0.2) is 14.4 Å². The van der Waals surface area contributed by atoms with Crippen LogP contribution in [-0.2, 0) is 41.8 Å². The van der Waals surface area contributed by atoms with E-state index in [0.717, 1.165) is 11.1 Å². The standard InChI is InChI=1S/C29H34N2O7S2/c1-29(2)23(27(34)36-16-19-10-6-4-7-11-19)31-24(32)21(25(31)40-29)18-37-26(33)22(14-15-39-3)30-28(35)38-17-20-12-8-5-9-13-20/h4-13,21-23,25H,14-18H2,1-3H3,(H,30,35)/t21-,22+,23+,25-/m1/s1. The number of benzene rings is 2. The second kappa shape index (κ2) is 13.5. The third kappa shape index (κ3) is 7.11. The SMILES string of the molecule is CSCC[C@H](NC(=O)OCc1ccccc1)C(=O)OC[C@@H]1C(=O)N2[C@@H]1SC(C)(C)[C@@H]2C(=O)OCc1ccccc1. The van der Waals surface area contributed by atoms with Crippen LogP contribution in [0.5, 0.6) is 0 Å². The molecule has 0 saturated carbocycles. The van der Waals surface area contributed by atoms with Crippen molar-refractivity contribution in [2.75, 3.05) is 18.6 Å². The number of amides is 2. The predicted molar refractivity (Wildman–Crippen MR) is 153 cm³/mol. The van der Waals surface area contributed by atoms with E-state index < -0.39 is 40.8 Å². The molecule has 4 rings (SSSR count). The molecule has 0 aliphatic carbocycles. The summed E-state index contributed by atoms with van der Waals surface area (Å²) in [4.78, 5) is 52.9. The van der Waals surface area contributed by atoms with Gasteiger partial charge in [0.05, 0.1) is 5.37 Å². The molecule has 0 radical (unpaired) electrons. The van der Waals surface area contributed by atoms with Gasteiger partial charge in [0, 0.05) is 4.75 Å². The molecule has 0 spiro atoms. The van der Waals surface area contributed by atoms with Gasteiger partial charge in [-0.05, 0) is 43.4 Å². The summed E-state index contributed by atoms with van der Waals surface area (Å²) < 4.78 is 15.8. The molecule has 2 saturated heterocycles. The first-order chi connectivity index (χ1) is 19.2. The van der Waals surface area contributed by atoms with Gasteiger partial charge < -0.3 is 24.4 Å². The fraction of sp³-hybridized carbons (Fsp3) is 0.448. The number of alkyl carbamates (subject to hydrolysis) is 1. The second-order valence-corrected chi connectivity index (χ2v) is 12.9. The molecular formula is C29H34N2O7S2. The minimum Gasteiger partial charge on any atom is -0.463 e. The Morgan fingerprint density at radius 3 is 2.17 bits per heavy atom. The Morgan fingerprint density at radius 1 is 0.975 bits per heavy atom. The quantitative estimate of drug-likeness (QED) is 0.224. The average Bonchev–Trinajstić information content (AvgIpc) is 3.21. The normalized spacial score (nSPS) is 21.5. The highest BCUT2D eigenvalue weighted by Gasteiger charge is 2.64. The molecule has 1 N–H and O–H groups in total. The molecule has 9 nitrogen and oxygen atoms in total. The molecule has 0 unspecified atom stereocenters. The van der Waals surface area contributed by atoms with Crippen molar-refractivity contribution in [3.05, 3.63) is 71.8 Å². The van der Waals surface area contributed by atoms with Crippen molar-refractivity contribution in [2.24, 2.45) is 5.92 Å². The van der Waals surface area contributed by atoms with Gasteiger partial charge in [-0.1, -0.05) is 60.7 Å². The molecule has 2 aliphatic rings. The predicted octanol–water partition coefficient (Wildman–Crippen LogP) is 4.00. The molecule has 214 valence electrons. The van der Waals surface area contributed by atoms with Gasteiger partial charge in [-0.15, -0.1) is 11.8 Å². The monoisotopic (exact) mass is 586 g/mol. The zero-order valence-corrected chi connectivity index (χ0v) is 24.4. The molecule has 0 bridgehead atoms. The molecule has 2 heterocycles. The molecule has 2 fully saturated rings. The number of carbonyl (C=O) groups excluding carboxylic acids is 4. The fourth-order valence-corrected chi connectivity index (χ4v) is 6.83. The van der Waals surface area contributed by atoms with Crippen LogP contribution in [0.3, 0.4) is 0 Å². The molecule has 2 aromatic carbocycles. The number of nitrogens with zero attached hydrogens (tertiary/aromatic N) is 1. The van der Waals surface area contributed by atoms with E-state index in [1.54, 1.807) is 4.90 Å². The van der Waals surface area contributed by atoms with E-state index >= 15 is 0 Å². The lowest BCUT2D eigenvalue weighted by Crippen LogP contribution is -2.64. The molecule has 4 atom stereocenters.